The normalized spacial score (nSPS) is 10.3. The number of rotatable bonds is 2. The molecule has 0 saturated carbocycles. The van der Waals surface area contributed by atoms with Gasteiger partial charge in [0.05, 0.1) is 11.6 Å². The van der Waals surface area contributed by atoms with Gasteiger partial charge in [-0.2, -0.15) is 5.26 Å². The zero-order chi connectivity index (χ0) is 14.8. The number of aromatic nitrogens is 1. The van der Waals surface area contributed by atoms with Gasteiger partial charge in [0.1, 0.15) is 5.52 Å². The van der Waals surface area contributed by atoms with Gasteiger partial charge in [0.15, 0.2) is 11.5 Å². The van der Waals surface area contributed by atoms with Crippen LogP contribution in [0.4, 0.5) is 5.69 Å². The summed E-state index contributed by atoms with van der Waals surface area (Å²) in [5, 5.41) is 11.6. The standard InChI is InChI=1S/C16H11N3O2/c1-10-18-14-6-5-13(8-15(14)21-10)19-16(20)12-4-2-3-11(7-12)9-17/h2-8H,1H3,(H,19,20). The van der Waals surface area contributed by atoms with Gasteiger partial charge in [-0.3, -0.25) is 4.79 Å². The van der Waals surface area contributed by atoms with E-state index in [2.05, 4.69) is 10.3 Å². The smallest absolute Gasteiger partial charge is 0.255 e. The lowest BCUT2D eigenvalue weighted by atomic mass is 10.1. The number of nitrogens with one attached hydrogen (secondary N) is 1. The van der Waals surface area contributed by atoms with Crippen LogP contribution in [0, 0.1) is 18.3 Å². The van der Waals surface area contributed by atoms with Gasteiger partial charge in [-0.05, 0) is 30.3 Å². The summed E-state index contributed by atoms with van der Waals surface area (Å²) < 4.78 is 5.43. The molecule has 0 unspecified atom stereocenters. The van der Waals surface area contributed by atoms with Crippen LogP contribution < -0.4 is 5.32 Å². The van der Waals surface area contributed by atoms with Crippen molar-refractivity contribution in [3.8, 4) is 6.07 Å². The average molecular weight is 277 g/mol. The van der Waals surface area contributed by atoms with Crippen molar-refractivity contribution in [3.05, 3.63) is 59.5 Å². The molecule has 1 N–H and O–H groups in total. The highest BCUT2D eigenvalue weighted by atomic mass is 16.3. The molecule has 0 fully saturated rings. The molecule has 102 valence electrons. The Morgan fingerprint density at radius 1 is 1.29 bits per heavy atom. The number of nitrogens with zero attached hydrogens (tertiary/aromatic N) is 2. The van der Waals surface area contributed by atoms with Crippen molar-refractivity contribution in [1.29, 1.82) is 5.26 Å². The Labute approximate surface area is 120 Å². The highest BCUT2D eigenvalue weighted by Gasteiger charge is 2.09. The Morgan fingerprint density at radius 3 is 2.95 bits per heavy atom. The van der Waals surface area contributed by atoms with Crippen molar-refractivity contribution in [1.82, 2.24) is 4.98 Å². The van der Waals surface area contributed by atoms with Crippen molar-refractivity contribution in [2.75, 3.05) is 5.32 Å². The third kappa shape index (κ3) is 2.60. The number of carbonyl (C=O) groups excluding carboxylic acids is 1. The minimum atomic E-state index is -0.275. The first-order valence-corrected chi connectivity index (χ1v) is 6.34. The first-order chi connectivity index (χ1) is 10.2. The Balaban J connectivity index is 1.87. The minimum absolute atomic E-state index is 0.275. The molecule has 2 aromatic carbocycles. The number of anilines is 1. The molecule has 0 saturated heterocycles. The van der Waals surface area contributed by atoms with Gasteiger partial charge < -0.3 is 9.73 Å². The van der Waals surface area contributed by atoms with Gasteiger partial charge >= 0.3 is 0 Å². The molecule has 5 heteroatoms. The molecule has 0 aliphatic rings. The Bertz CT molecular complexity index is 875. The molecule has 5 nitrogen and oxygen atoms in total. The zero-order valence-corrected chi connectivity index (χ0v) is 11.3. The van der Waals surface area contributed by atoms with E-state index in [1.54, 1.807) is 49.4 Å². The van der Waals surface area contributed by atoms with Crippen LogP contribution in [-0.2, 0) is 0 Å². The molecule has 0 atom stereocenters. The summed E-state index contributed by atoms with van der Waals surface area (Å²) in [5.74, 6) is 0.304. The fourth-order valence-electron chi connectivity index (χ4n) is 2.05. The first kappa shape index (κ1) is 12.9. The second kappa shape index (κ2) is 5.10. The number of oxazole rings is 1. The molecule has 1 amide bonds. The summed E-state index contributed by atoms with van der Waals surface area (Å²) >= 11 is 0. The van der Waals surface area contributed by atoms with E-state index in [9.17, 15) is 4.79 Å². The quantitative estimate of drug-likeness (QED) is 0.779. The van der Waals surface area contributed by atoms with E-state index in [-0.39, 0.29) is 5.91 Å². The fourth-order valence-corrected chi connectivity index (χ4v) is 2.05. The van der Waals surface area contributed by atoms with Gasteiger partial charge in [0, 0.05) is 24.2 Å². The van der Waals surface area contributed by atoms with Crippen molar-refractivity contribution in [2.45, 2.75) is 6.92 Å². The van der Waals surface area contributed by atoms with E-state index >= 15 is 0 Å². The SMILES string of the molecule is Cc1nc2ccc(NC(=O)c3cccc(C#N)c3)cc2o1. The molecule has 3 rings (SSSR count). The number of hydrogen-bond donors (Lipinski definition) is 1. The molecular weight excluding hydrogens is 266 g/mol. The first-order valence-electron chi connectivity index (χ1n) is 6.34. The molecule has 0 aliphatic carbocycles. The minimum Gasteiger partial charge on any atom is -0.441 e. The van der Waals surface area contributed by atoms with Gasteiger partial charge in [0.25, 0.3) is 5.91 Å². The Kier molecular flexibility index (Phi) is 3.13. The molecule has 0 radical (unpaired) electrons. The Hall–Kier alpha value is -3.13. The number of benzene rings is 2. The fraction of sp³-hybridized carbons (Fsp3) is 0.0625. The lowest BCUT2D eigenvalue weighted by molar-refractivity contribution is 0.102. The summed E-state index contributed by atoms with van der Waals surface area (Å²) in [5.41, 5.74) is 2.87. The lowest BCUT2D eigenvalue weighted by Gasteiger charge is -2.05. The predicted molar refractivity (Wildman–Crippen MR) is 77.9 cm³/mol. The van der Waals surface area contributed by atoms with E-state index in [0.29, 0.717) is 28.3 Å². The van der Waals surface area contributed by atoms with Crippen LogP contribution in [0.3, 0.4) is 0 Å². The molecule has 0 aliphatic heterocycles. The highest BCUT2D eigenvalue weighted by molar-refractivity contribution is 6.05. The second-order valence-corrected chi connectivity index (χ2v) is 4.56. The molecule has 0 spiro atoms. The van der Waals surface area contributed by atoms with Crippen LogP contribution in [0.1, 0.15) is 21.8 Å². The second-order valence-electron chi connectivity index (χ2n) is 4.56. The molecule has 21 heavy (non-hydrogen) atoms. The average Bonchev–Trinajstić information content (AvgIpc) is 2.86. The maximum absolute atomic E-state index is 12.2. The van der Waals surface area contributed by atoms with E-state index in [4.69, 9.17) is 9.68 Å². The van der Waals surface area contributed by atoms with Crippen LogP contribution in [0.5, 0.6) is 0 Å². The lowest BCUT2D eigenvalue weighted by Crippen LogP contribution is -2.11. The largest absolute Gasteiger partial charge is 0.441 e. The van der Waals surface area contributed by atoms with Gasteiger partial charge in [-0.25, -0.2) is 4.98 Å². The molecule has 1 heterocycles. The maximum atomic E-state index is 12.2. The highest BCUT2D eigenvalue weighted by Crippen LogP contribution is 2.20. The predicted octanol–water partition coefficient (Wildman–Crippen LogP) is 3.26. The summed E-state index contributed by atoms with van der Waals surface area (Å²) in [4.78, 5) is 16.4. The van der Waals surface area contributed by atoms with Gasteiger partial charge in [0.2, 0.25) is 0 Å². The van der Waals surface area contributed by atoms with E-state index < -0.39 is 0 Å². The van der Waals surface area contributed by atoms with Crippen molar-refractivity contribution in [2.24, 2.45) is 0 Å². The Morgan fingerprint density at radius 2 is 2.14 bits per heavy atom. The van der Waals surface area contributed by atoms with E-state index in [0.717, 1.165) is 5.52 Å². The number of fused-ring (bicyclic) bond motifs is 1. The number of carbonyl (C=O) groups is 1. The number of hydrogen-bond acceptors (Lipinski definition) is 4. The van der Waals surface area contributed by atoms with Crippen LogP contribution in [0.15, 0.2) is 46.9 Å². The van der Waals surface area contributed by atoms with Crippen molar-refractivity contribution in [3.63, 3.8) is 0 Å². The molecule has 3 aromatic rings. The molecular formula is C16H11N3O2. The topological polar surface area (TPSA) is 78.9 Å². The number of nitriles is 1. The van der Waals surface area contributed by atoms with Gasteiger partial charge in [-0.1, -0.05) is 6.07 Å². The number of aryl methyl sites for hydroxylation is 1. The van der Waals surface area contributed by atoms with Crippen LogP contribution >= 0.6 is 0 Å². The van der Waals surface area contributed by atoms with Crippen molar-refractivity contribution >= 4 is 22.7 Å². The summed E-state index contributed by atoms with van der Waals surface area (Å²) in [7, 11) is 0. The molecule has 0 bridgehead atoms. The summed E-state index contributed by atoms with van der Waals surface area (Å²) in [6.45, 7) is 1.77. The van der Waals surface area contributed by atoms with Crippen LogP contribution in [-0.4, -0.2) is 10.9 Å². The maximum Gasteiger partial charge on any atom is 0.255 e. The monoisotopic (exact) mass is 277 g/mol. The van der Waals surface area contributed by atoms with Crippen LogP contribution in [0.25, 0.3) is 11.1 Å². The summed E-state index contributed by atoms with van der Waals surface area (Å²) in [6.07, 6.45) is 0. The van der Waals surface area contributed by atoms with E-state index in [1.807, 2.05) is 6.07 Å². The van der Waals surface area contributed by atoms with Crippen LogP contribution in [0.2, 0.25) is 0 Å². The third-order valence-electron chi connectivity index (χ3n) is 3.01. The summed E-state index contributed by atoms with van der Waals surface area (Å²) in [6, 6.07) is 13.8. The number of amides is 1. The van der Waals surface area contributed by atoms with E-state index in [1.165, 1.54) is 0 Å². The van der Waals surface area contributed by atoms with Gasteiger partial charge in [-0.15, -0.1) is 0 Å². The zero-order valence-electron chi connectivity index (χ0n) is 11.3. The molecule has 1 aromatic heterocycles. The van der Waals surface area contributed by atoms with Crippen molar-refractivity contribution < 1.29 is 9.21 Å². The third-order valence-corrected chi connectivity index (χ3v) is 3.01.